The fourth-order valence-corrected chi connectivity index (χ4v) is 4.51. The molecule has 0 aliphatic carbocycles. The molecule has 2 heterocycles. The molecular formula is C18H12ClN3O3S2. The van der Waals surface area contributed by atoms with Crippen LogP contribution in [0.2, 0.25) is 5.15 Å². The fraction of sp³-hybridized carbons (Fsp3) is 0.0556. The maximum absolute atomic E-state index is 12.8. The molecular weight excluding hydrogens is 406 g/mol. The van der Waals surface area contributed by atoms with Crippen molar-refractivity contribution in [1.29, 1.82) is 0 Å². The number of hydrogen-bond acceptors (Lipinski definition) is 6. The van der Waals surface area contributed by atoms with Crippen LogP contribution in [0.25, 0.3) is 21.1 Å². The van der Waals surface area contributed by atoms with Gasteiger partial charge < -0.3 is 0 Å². The van der Waals surface area contributed by atoms with Crippen LogP contribution >= 0.6 is 22.9 Å². The van der Waals surface area contributed by atoms with E-state index in [2.05, 4.69) is 15.3 Å². The maximum Gasteiger partial charge on any atom is 0.258 e. The number of anilines is 1. The third kappa shape index (κ3) is 3.51. The van der Waals surface area contributed by atoms with Crippen molar-refractivity contribution in [2.45, 2.75) is 4.90 Å². The summed E-state index contributed by atoms with van der Waals surface area (Å²) >= 11 is 7.24. The highest BCUT2D eigenvalue weighted by molar-refractivity contribution is 7.90. The molecule has 0 radical (unpaired) electrons. The lowest BCUT2D eigenvalue weighted by atomic mass is 10.1. The number of halogens is 1. The first-order chi connectivity index (χ1) is 12.8. The van der Waals surface area contributed by atoms with Gasteiger partial charge in [0.05, 0.1) is 26.2 Å². The van der Waals surface area contributed by atoms with E-state index in [0.717, 1.165) is 6.26 Å². The second kappa shape index (κ2) is 6.56. The predicted octanol–water partition coefficient (Wildman–Crippen LogP) is 4.15. The van der Waals surface area contributed by atoms with Crippen LogP contribution in [0.1, 0.15) is 10.4 Å². The number of thiazole rings is 1. The van der Waals surface area contributed by atoms with Crippen molar-refractivity contribution >= 4 is 64.9 Å². The fourth-order valence-electron chi connectivity index (χ4n) is 2.68. The molecule has 0 aliphatic heterocycles. The second-order valence-corrected chi connectivity index (χ2v) is 9.32. The molecule has 27 heavy (non-hydrogen) atoms. The lowest BCUT2D eigenvalue weighted by Gasteiger charge is -2.06. The number of rotatable bonds is 3. The van der Waals surface area contributed by atoms with E-state index >= 15 is 0 Å². The van der Waals surface area contributed by atoms with Gasteiger partial charge in [-0.2, -0.15) is 0 Å². The third-order valence-electron chi connectivity index (χ3n) is 3.94. The zero-order valence-electron chi connectivity index (χ0n) is 13.9. The number of benzene rings is 2. The maximum atomic E-state index is 12.8. The molecule has 0 saturated heterocycles. The minimum absolute atomic E-state index is 0.212. The number of para-hydroxylation sites is 1. The first kappa shape index (κ1) is 17.8. The Kier molecular flexibility index (Phi) is 4.33. The number of aromatic nitrogens is 2. The van der Waals surface area contributed by atoms with Gasteiger partial charge in [-0.25, -0.2) is 18.4 Å². The molecule has 0 atom stereocenters. The smallest absolute Gasteiger partial charge is 0.258 e. The number of fused-ring (bicyclic) bond motifs is 2. The number of pyridine rings is 1. The summed E-state index contributed by atoms with van der Waals surface area (Å²) in [5.74, 6) is -0.363. The SMILES string of the molecule is CS(=O)(=O)c1ccc2nc(NC(=O)c3cc(Cl)nc4ccccc34)sc2c1. The average molecular weight is 418 g/mol. The number of carbonyl (C=O) groups is 1. The molecule has 0 fully saturated rings. The van der Waals surface area contributed by atoms with Crippen LogP contribution in [-0.4, -0.2) is 30.5 Å². The van der Waals surface area contributed by atoms with Gasteiger partial charge in [-0.05, 0) is 30.3 Å². The Morgan fingerprint density at radius 3 is 2.63 bits per heavy atom. The lowest BCUT2D eigenvalue weighted by Crippen LogP contribution is -2.12. The molecule has 1 amide bonds. The van der Waals surface area contributed by atoms with Crippen molar-refractivity contribution < 1.29 is 13.2 Å². The molecule has 0 bridgehead atoms. The zero-order valence-corrected chi connectivity index (χ0v) is 16.3. The van der Waals surface area contributed by atoms with Gasteiger partial charge in [0.2, 0.25) is 0 Å². The molecule has 136 valence electrons. The summed E-state index contributed by atoms with van der Waals surface area (Å²) in [5.41, 5.74) is 1.62. The van der Waals surface area contributed by atoms with Crippen LogP contribution < -0.4 is 5.32 Å². The lowest BCUT2D eigenvalue weighted by molar-refractivity contribution is 0.102. The number of hydrogen-bond donors (Lipinski definition) is 1. The van der Waals surface area contributed by atoms with E-state index in [4.69, 9.17) is 11.6 Å². The highest BCUT2D eigenvalue weighted by Crippen LogP contribution is 2.29. The van der Waals surface area contributed by atoms with Gasteiger partial charge in [0.1, 0.15) is 5.15 Å². The minimum Gasteiger partial charge on any atom is -0.298 e. The molecule has 4 rings (SSSR count). The van der Waals surface area contributed by atoms with E-state index in [0.29, 0.717) is 31.8 Å². The second-order valence-electron chi connectivity index (χ2n) is 5.88. The van der Waals surface area contributed by atoms with Crippen LogP contribution in [-0.2, 0) is 9.84 Å². The first-order valence-electron chi connectivity index (χ1n) is 7.78. The Morgan fingerprint density at radius 1 is 1.07 bits per heavy atom. The highest BCUT2D eigenvalue weighted by Gasteiger charge is 2.16. The number of carbonyl (C=O) groups excluding carboxylic acids is 1. The third-order valence-corrected chi connectivity index (χ3v) is 6.18. The van der Waals surface area contributed by atoms with Crippen molar-refractivity contribution in [3.8, 4) is 0 Å². The van der Waals surface area contributed by atoms with Gasteiger partial charge >= 0.3 is 0 Å². The van der Waals surface area contributed by atoms with Gasteiger partial charge in [-0.15, -0.1) is 0 Å². The Morgan fingerprint density at radius 2 is 1.85 bits per heavy atom. The van der Waals surface area contributed by atoms with E-state index in [1.54, 1.807) is 24.3 Å². The normalized spacial score (nSPS) is 11.8. The Balaban J connectivity index is 1.71. The topological polar surface area (TPSA) is 89.0 Å². The number of sulfone groups is 1. The van der Waals surface area contributed by atoms with Crippen LogP contribution in [0.3, 0.4) is 0 Å². The van der Waals surface area contributed by atoms with Crippen LogP contribution in [0, 0.1) is 0 Å². The van der Waals surface area contributed by atoms with Crippen LogP contribution in [0.5, 0.6) is 0 Å². The number of nitrogens with zero attached hydrogens (tertiary/aromatic N) is 2. The van der Waals surface area contributed by atoms with Crippen molar-refractivity contribution in [3.05, 3.63) is 59.2 Å². The van der Waals surface area contributed by atoms with Gasteiger partial charge in [0.25, 0.3) is 5.91 Å². The van der Waals surface area contributed by atoms with Crippen molar-refractivity contribution in [1.82, 2.24) is 9.97 Å². The zero-order chi connectivity index (χ0) is 19.2. The predicted molar refractivity (Wildman–Crippen MR) is 107 cm³/mol. The molecule has 4 aromatic rings. The molecule has 2 aromatic carbocycles. The summed E-state index contributed by atoms with van der Waals surface area (Å²) in [4.78, 5) is 21.5. The largest absolute Gasteiger partial charge is 0.298 e. The van der Waals surface area contributed by atoms with Crippen LogP contribution in [0.4, 0.5) is 5.13 Å². The Labute approximate surface area is 163 Å². The summed E-state index contributed by atoms with van der Waals surface area (Å²) in [7, 11) is -3.31. The minimum atomic E-state index is -3.31. The van der Waals surface area contributed by atoms with Gasteiger partial charge in [0, 0.05) is 11.6 Å². The standard InChI is InChI=1S/C18H12ClN3O3S2/c1-27(24,25)10-6-7-14-15(8-10)26-18(21-14)22-17(23)12-9-16(19)20-13-5-3-2-4-11(12)13/h2-9H,1H3,(H,21,22,23). The van der Waals surface area contributed by atoms with Gasteiger partial charge in [-0.1, -0.05) is 41.1 Å². The van der Waals surface area contributed by atoms with Gasteiger partial charge in [-0.3, -0.25) is 10.1 Å². The first-order valence-corrected chi connectivity index (χ1v) is 10.9. The van der Waals surface area contributed by atoms with Crippen molar-refractivity contribution in [3.63, 3.8) is 0 Å². The molecule has 0 saturated carbocycles. The summed E-state index contributed by atoms with van der Waals surface area (Å²) < 4.78 is 24.1. The summed E-state index contributed by atoms with van der Waals surface area (Å²) in [5, 5.41) is 4.03. The van der Waals surface area contributed by atoms with E-state index < -0.39 is 9.84 Å². The summed E-state index contributed by atoms with van der Waals surface area (Å²) in [6, 6.07) is 13.4. The Hall–Kier alpha value is -2.55. The quantitative estimate of drug-likeness (QED) is 0.506. The van der Waals surface area contributed by atoms with Crippen LogP contribution in [0.15, 0.2) is 53.4 Å². The van der Waals surface area contributed by atoms with Crippen molar-refractivity contribution in [2.24, 2.45) is 0 Å². The molecule has 0 aliphatic rings. The highest BCUT2D eigenvalue weighted by atomic mass is 35.5. The summed E-state index contributed by atoms with van der Waals surface area (Å²) in [6.45, 7) is 0. The molecule has 1 N–H and O–H groups in total. The number of nitrogens with one attached hydrogen (secondary N) is 1. The monoisotopic (exact) mass is 417 g/mol. The number of amides is 1. The van der Waals surface area contributed by atoms with E-state index in [9.17, 15) is 13.2 Å². The molecule has 6 nitrogen and oxygen atoms in total. The average Bonchev–Trinajstić information content (AvgIpc) is 3.01. The van der Waals surface area contributed by atoms with E-state index in [-0.39, 0.29) is 16.0 Å². The summed E-state index contributed by atoms with van der Waals surface area (Å²) in [6.07, 6.45) is 1.15. The Bertz CT molecular complexity index is 1320. The molecule has 0 unspecified atom stereocenters. The van der Waals surface area contributed by atoms with Crippen molar-refractivity contribution in [2.75, 3.05) is 11.6 Å². The van der Waals surface area contributed by atoms with Gasteiger partial charge in [0.15, 0.2) is 15.0 Å². The van der Waals surface area contributed by atoms with E-state index in [1.165, 1.54) is 23.5 Å². The molecule has 9 heteroatoms. The molecule has 0 spiro atoms. The van der Waals surface area contributed by atoms with E-state index in [1.807, 2.05) is 12.1 Å². The molecule has 2 aromatic heterocycles.